The van der Waals surface area contributed by atoms with Gasteiger partial charge >= 0.3 is 0 Å². The largest absolute Gasteiger partial charge is 0.357 e. The molecule has 1 atom stereocenters. The Morgan fingerprint density at radius 2 is 2.21 bits per heavy atom. The maximum atomic E-state index is 11.9. The third-order valence-corrected chi connectivity index (χ3v) is 3.48. The number of piperazine rings is 1. The summed E-state index contributed by atoms with van der Waals surface area (Å²) in [5.74, 6) is 0.343. The molecule has 0 bridgehead atoms. The molecule has 1 amide bonds. The van der Waals surface area contributed by atoms with E-state index in [2.05, 4.69) is 36.2 Å². The van der Waals surface area contributed by atoms with Crippen molar-refractivity contribution >= 4 is 11.6 Å². The van der Waals surface area contributed by atoms with Crippen LogP contribution in [0.25, 0.3) is 0 Å². The minimum absolute atomic E-state index is 0.0497. The Labute approximate surface area is 114 Å². The van der Waals surface area contributed by atoms with Crippen LogP contribution >= 0.6 is 0 Å². The lowest BCUT2D eigenvalue weighted by Gasteiger charge is -2.37. The molecule has 100 valence electrons. The Kier molecular flexibility index (Phi) is 4.06. The molecule has 1 unspecified atom stereocenters. The number of nitrogens with one attached hydrogen (secondary N) is 1. The quantitative estimate of drug-likeness (QED) is 0.901. The number of anilines is 1. The molecular weight excluding hydrogens is 238 g/mol. The van der Waals surface area contributed by atoms with E-state index >= 15 is 0 Å². The first-order valence-corrected chi connectivity index (χ1v) is 6.65. The first kappa shape index (κ1) is 13.4. The summed E-state index contributed by atoms with van der Waals surface area (Å²) in [6, 6.07) is 9.87. The van der Waals surface area contributed by atoms with Crippen LogP contribution in [0.15, 0.2) is 24.3 Å². The van der Waals surface area contributed by atoms with Crippen LogP contribution in [-0.2, 0) is 4.79 Å². The lowest BCUT2D eigenvalue weighted by atomic mass is 9.98. The van der Waals surface area contributed by atoms with E-state index in [0.717, 1.165) is 12.2 Å². The van der Waals surface area contributed by atoms with E-state index in [1.807, 2.05) is 18.2 Å². The Bertz CT molecular complexity index is 504. The highest BCUT2D eigenvalue weighted by atomic mass is 16.2. The van der Waals surface area contributed by atoms with Crippen LogP contribution in [0.1, 0.15) is 31.7 Å². The van der Waals surface area contributed by atoms with Gasteiger partial charge in [0.2, 0.25) is 5.91 Å². The van der Waals surface area contributed by atoms with Gasteiger partial charge in [-0.15, -0.1) is 0 Å². The molecule has 1 aliphatic heterocycles. The zero-order chi connectivity index (χ0) is 13.8. The number of carbonyl (C=O) groups excluding carboxylic acids is 1. The predicted molar refractivity (Wildman–Crippen MR) is 74.9 cm³/mol. The summed E-state index contributed by atoms with van der Waals surface area (Å²) >= 11 is 0. The van der Waals surface area contributed by atoms with Gasteiger partial charge in [-0.25, -0.2) is 0 Å². The number of rotatable bonds is 3. The average molecular weight is 257 g/mol. The van der Waals surface area contributed by atoms with Gasteiger partial charge in [0.15, 0.2) is 0 Å². The number of para-hydroxylation sites is 1. The molecule has 1 aromatic carbocycles. The topological polar surface area (TPSA) is 56.1 Å². The number of benzene rings is 1. The fourth-order valence-corrected chi connectivity index (χ4v) is 2.53. The molecule has 0 aromatic heterocycles. The zero-order valence-corrected chi connectivity index (χ0v) is 11.4. The van der Waals surface area contributed by atoms with Gasteiger partial charge in [-0.2, -0.15) is 5.26 Å². The fraction of sp³-hybridized carbons (Fsp3) is 0.467. The molecule has 1 fully saturated rings. The standard InChI is InChI=1S/C15H19N3O/c1-11(2)12-5-3-4-6-13(12)18-10-9-17-15(19)14(18)7-8-16/h3-6,11,14H,7,9-10H2,1-2H3,(H,17,19). The van der Waals surface area contributed by atoms with Crippen molar-refractivity contribution in [3.63, 3.8) is 0 Å². The van der Waals surface area contributed by atoms with Gasteiger partial charge in [-0.05, 0) is 17.5 Å². The molecule has 1 aromatic rings. The maximum Gasteiger partial charge on any atom is 0.243 e. The van der Waals surface area contributed by atoms with Crippen LogP contribution in [0, 0.1) is 11.3 Å². The van der Waals surface area contributed by atoms with E-state index < -0.39 is 0 Å². The van der Waals surface area contributed by atoms with Crippen LogP contribution in [0.4, 0.5) is 5.69 Å². The van der Waals surface area contributed by atoms with Gasteiger partial charge in [0.05, 0.1) is 12.5 Å². The highest BCUT2D eigenvalue weighted by molar-refractivity contribution is 5.87. The lowest BCUT2D eigenvalue weighted by Crippen LogP contribution is -2.55. The van der Waals surface area contributed by atoms with E-state index in [-0.39, 0.29) is 18.4 Å². The number of amides is 1. The molecule has 1 saturated heterocycles. The van der Waals surface area contributed by atoms with Crippen molar-refractivity contribution in [1.29, 1.82) is 5.26 Å². The lowest BCUT2D eigenvalue weighted by molar-refractivity contribution is -0.123. The van der Waals surface area contributed by atoms with Crippen LogP contribution in [0.2, 0.25) is 0 Å². The third-order valence-electron chi connectivity index (χ3n) is 3.48. The number of hydrogen-bond donors (Lipinski definition) is 1. The fourth-order valence-electron chi connectivity index (χ4n) is 2.53. The van der Waals surface area contributed by atoms with Crippen LogP contribution < -0.4 is 10.2 Å². The normalized spacial score (nSPS) is 19.2. The molecule has 4 heteroatoms. The Morgan fingerprint density at radius 3 is 2.89 bits per heavy atom. The number of carbonyl (C=O) groups is 1. The summed E-state index contributed by atoms with van der Waals surface area (Å²) in [6.07, 6.45) is 0.220. The molecule has 2 rings (SSSR count). The summed E-state index contributed by atoms with van der Waals surface area (Å²) in [6.45, 7) is 5.67. The zero-order valence-electron chi connectivity index (χ0n) is 11.4. The van der Waals surface area contributed by atoms with E-state index in [1.165, 1.54) is 5.56 Å². The van der Waals surface area contributed by atoms with Gasteiger partial charge in [0.25, 0.3) is 0 Å². The molecular formula is C15H19N3O. The Balaban J connectivity index is 2.38. The van der Waals surface area contributed by atoms with Crippen molar-refractivity contribution in [2.75, 3.05) is 18.0 Å². The van der Waals surface area contributed by atoms with E-state index in [4.69, 9.17) is 5.26 Å². The van der Waals surface area contributed by atoms with Gasteiger partial charge in [-0.1, -0.05) is 32.0 Å². The van der Waals surface area contributed by atoms with Crippen LogP contribution in [0.3, 0.4) is 0 Å². The van der Waals surface area contributed by atoms with Crippen molar-refractivity contribution in [3.05, 3.63) is 29.8 Å². The van der Waals surface area contributed by atoms with Crippen LogP contribution in [0.5, 0.6) is 0 Å². The maximum absolute atomic E-state index is 11.9. The molecule has 19 heavy (non-hydrogen) atoms. The highest BCUT2D eigenvalue weighted by Gasteiger charge is 2.30. The molecule has 4 nitrogen and oxygen atoms in total. The van der Waals surface area contributed by atoms with Gasteiger partial charge in [-0.3, -0.25) is 4.79 Å². The molecule has 0 aliphatic carbocycles. The van der Waals surface area contributed by atoms with Crippen molar-refractivity contribution in [2.45, 2.75) is 32.2 Å². The SMILES string of the molecule is CC(C)c1ccccc1N1CCNC(=O)C1CC#N. The minimum atomic E-state index is -0.376. The first-order chi connectivity index (χ1) is 9.15. The summed E-state index contributed by atoms with van der Waals surface area (Å²) in [5.41, 5.74) is 2.30. The molecule has 0 saturated carbocycles. The third kappa shape index (κ3) is 2.70. The Hall–Kier alpha value is -2.02. The summed E-state index contributed by atoms with van der Waals surface area (Å²) in [4.78, 5) is 14.0. The number of nitriles is 1. The predicted octanol–water partition coefficient (Wildman–Crippen LogP) is 2.03. The molecule has 0 radical (unpaired) electrons. The molecule has 0 spiro atoms. The second-order valence-electron chi connectivity index (χ2n) is 5.08. The van der Waals surface area contributed by atoms with Gasteiger partial charge in [0.1, 0.15) is 6.04 Å². The van der Waals surface area contributed by atoms with Gasteiger partial charge in [0, 0.05) is 18.8 Å². The Morgan fingerprint density at radius 1 is 1.47 bits per heavy atom. The van der Waals surface area contributed by atoms with Crippen molar-refractivity contribution in [2.24, 2.45) is 0 Å². The summed E-state index contributed by atoms with van der Waals surface area (Å²) in [7, 11) is 0. The summed E-state index contributed by atoms with van der Waals surface area (Å²) in [5, 5.41) is 11.8. The summed E-state index contributed by atoms with van der Waals surface area (Å²) < 4.78 is 0. The van der Waals surface area contributed by atoms with Crippen molar-refractivity contribution in [1.82, 2.24) is 5.32 Å². The van der Waals surface area contributed by atoms with E-state index in [0.29, 0.717) is 12.5 Å². The van der Waals surface area contributed by atoms with E-state index in [9.17, 15) is 4.79 Å². The van der Waals surface area contributed by atoms with E-state index in [1.54, 1.807) is 0 Å². The monoisotopic (exact) mass is 257 g/mol. The molecule has 1 aliphatic rings. The molecule has 1 heterocycles. The van der Waals surface area contributed by atoms with Crippen LogP contribution in [-0.4, -0.2) is 25.0 Å². The second-order valence-corrected chi connectivity index (χ2v) is 5.08. The number of nitrogens with zero attached hydrogens (tertiary/aromatic N) is 2. The molecule has 1 N–H and O–H groups in total. The van der Waals surface area contributed by atoms with Crippen molar-refractivity contribution in [3.8, 4) is 6.07 Å². The first-order valence-electron chi connectivity index (χ1n) is 6.65. The van der Waals surface area contributed by atoms with Gasteiger partial charge < -0.3 is 10.2 Å². The number of hydrogen-bond acceptors (Lipinski definition) is 3. The van der Waals surface area contributed by atoms with Crippen molar-refractivity contribution < 1.29 is 4.79 Å². The average Bonchev–Trinajstić information content (AvgIpc) is 2.41. The second kappa shape index (κ2) is 5.75. The minimum Gasteiger partial charge on any atom is -0.357 e. The highest BCUT2D eigenvalue weighted by Crippen LogP contribution is 2.29. The smallest absolute Gasteiger partial charge is 0.243 e.